The minimum Gasteiger partial charge on any atom is -0.384 e. The Kier molecular flexibility index (Phi) is 6.25. The SMILES string of the molecule is COCC1(C)CCc2c(-c3cc4ccc(N(C)C(=O)C5CCC(OC)CC5)cc4[nH]3)n[nH]c2C1. The molecule has 0 saturated heterocycles. The summed E-state index contributed by atoms with van der Waals surface area (Å²) in [4.78, 5) is 18.5. The Morgan fingerprint density at radius 3 is 2.74 bits per heavy atom. The minimum absolute atomic E-state index is 0.0747. The van der Waals surface area contributed by atoms with Crippen LogP contribution in [0.2, 0.25) is 0 Å². The van der Waals surface area contributed by atoms with E-state index in [1.807, 2.05) is 18.0 Å². The molecule has 1 amide bonds. The maximum Gasteiger partial charge on any atom is 0.229 e. The zero-order valence-corrected chi connectivity index (χ0v) is 20.7. The average Bonchev–Trinajstić information content (AvgIpc) is 3.46. The Morgan fingerprint density at radius 1 is 1.21 bits per heavy atom. The van der Waals surface area contributed by atoms with Gasteiger partial charge in [-0.15, -0.1) is 0 Å². The topological polar surface area (TPSA) is 83.2 Å². The number of amides is 1. The average molecular weight is 465 g/mol. The van der Waals surface area contributed by atoms with Crippen LogP contribution in [0.25, 0.3) is 22.3 Å². The fourth-order valence-electron chi connectivity index (χ4n) is 5.85. The van der Waals surface area contributed by atoms with E-state index >= 15 is 0 Å². The molecule has 0 spiro atoms. The first-order valence-corrected chi connectivity index (χ1v) is 12.4. The molecule has 1 aromatic carbocycles. The summed E-state index contributed by atoms with van der Waals surface area (Å²) in [5.41, 5.74) is 6.64. The van der Waals surface area contributed by atoms with Gasteiger partial charge in [0.05, 0.1) is 18.4 Å². The van der Waals surface area contributed by atoms with Crippen molar-refractivity contribution in [1.29, 1.82) is 0 Å². The second kappa shape index (κ2) is 9.19. The van der Waals surface area contributed by atoms with Gasteiger partial charge in [0.2, 0.25) is 5.91 Å². The first-order valence-electron chi connectivity index (χ1n) is 12.4. The number of fused-ring (bicyclic) bond motifs is 2. The zero-order valence-electron chi connectivity index (χ0n) is 20.7. The van der Waals surface area contributed by atoms with Crippen LogP contribution in [0.3, 0.4) is 0 Å². The molecule has 0 aliphatic heterocycles. The molecule has 2 heterocycles. The summed E-state index contributed by atoms with van der Waals surface area (Å²) < 4.78 is 10.9. The molecule has 1 atom stereocenters. The smallest absolute Gasteiger partial charge is 0.229 e. The van der Waals surface area contributed by atoms with Crippen molar-refractivity contribution in [3.8, 4) is 11.4 Å². The van der Waals surface area contributed by atoms with Gasteiger partial charge in [0.1, 0.15) is 5.69 Å². The number of hydrogen-bond donors (Lipinski definition) is 2. The molecule has 7 nitrogen and oxygen atoms in total. The number of aromatic nitrogens is 3. The van der Waals surface area contributed by atoms with E-state index in [2.05, 4.69) is 40.3 Å². The van der Waals surface area contributed by atoms with Crippen LogP contribution >= 0.6 is 0 Å². The first-order chi connectivity index (χ1) is 16.4. The maximum absolute atomic E-state index is 13.1. The molecule has 1 unspecified atom stereocenters. The minimum atomic E-state index is 0.0747. The van der Waals surface area contributed by atoms with Gasteiger partial charge in [-0.2, -0.15) is 5.10 Å². The lowest BCUT2D eigenvalue weighted by molar-refractivity contribution is -0.123. The summed E-state index contributed by atoms with van der Waals surface area (Å²) in [6, 6.07) is 8.36. The number of aromatic amines is 2. The molecule has 2 N–H and O–H groups in total. The van der Waals surface area contributed by atoms with E-state index in [4.69, 9.17) is 9.47 Å². The van der Waals surface area contributed by atoms with Gasteiger partial charge in [0, 0.05) is 55.0 Å². The van der Waals surface area contributed by atoms with Crippen LogP contribution in [0.4, 0.5) is 5.69 Å². The number of methoxy groups -OCH3 is 2. The van der Waals surface area contributed by atoms with Gasteiger partial charge in [0.25, 0.3) is 0 Å². The summed E-state index contributed by atoms with van der Waals surface area (Å²) in [6.07, 6.45) is 7.02. The highest BCUT2D eigenvalue weighted by Crippen LogP contribution is 2.39. The van der Waals surface area contributed by atoms with Crippen LogP contribution < -0.4 is 4.90 Å². The van der Waals surface area contributed by atoms with Gasteiger partial charge in [-0.3, -0.25) is 9.89 Å². The maximum atomic E-state index is 13.1. The predicted molar refractivity (Wildman–Crippen MR) is 134 cm³/mol. The standard InChI is InChI=1S/C27H36N4O3/c1-27(16-33-3)12-11-21-24(15-27)29-30-25(21)23-13-18-5-8-19(14-22(18)28-23)31(2)26(32)17-6-9-20(34-4)10-7-17/h5,8,13-14,17,20,28H,6-7,9-12,15-16H2,1-4H3,(H,29,30). The van der Waals surface area contributed by atoms with Gasteiger partial charge in [0.15, 0.2) is 0 Å². The third kappa shape index (κ3) is 4.27. The number of H-pyrrole nitrogens is 2. The van der Waals surface area contributed by atoms with Crippen molar-refractivity contribution in [3.05, 3.63) is 35.5 Å². The molecular weight excluding hydrogens is 428 g/mol. The van der Waals surface area contributed by atoms with E-state index in [0.717, 1.165) is 79.5 Å². The third-order valence-electron chi connectivity index (χ3n) is 7.96. The normalized spacial score (nSPS) is 24.8. The van der Waals surface area contributed by atoms with Gasteiger partial charge < -0.3 is 19.4 Å². The summed E-state index contributed by atoms with van der Waals surface area (Å²) in [6.45, 7) is 3.04. The number of nitrogens with zero attached hydrogens (tertiary/aromatic N) is 2. The van der Waals surface area contributed by atoms with E-state index in [1.165, 1.54) is 11.3 Å². The van der Waals surface area contributed by atoms with Crippen LogP contribution in [0.15, 0.2) is 24.3 Å². The van der Waals surface area contributed by atoms with Gasteiger partial charge >= 0.3 is 0 Å². The lowest BCUT2D eigenvalue weighted by atomic mass is 9.75. The van der Waals surface area contributed by atoms with Gasteiger partial charge in [-0.1, -0.05) is 13.0 Å². The number of benzene rings is 1. The molecular formula is C27H36N4O3. The first kappa shape index (κ1) is 23.1. The van der Waals surface area contributed by atoms with Crippen LogP contribution in [0.1, 0.15) is 50.3 Å². The third-order valence-corrected chi connectivity index (χ3v) is 7.96. The molecule has 0 bridgehead atoms. The number of anilines is 1. The van der Waals surface area contributed by atoms with E-state index in [9.17, 15) is 4.79 Å². The molecule has 2 aliphatic rings. The van der Waals surface area contributed by atoms with Crippen molar-refractivity contribution >= 4 is 22.5 Å². The second-order valence-corrected chi connectivity index (χ2v) is 10.5. The van der Waals surface area contributed by atoms with Crippen molar-refractivity contribution in [1.82, 2.24) is 15.2 Å². The highest BCUT2D eigenvalue weighted by molar-refractivity contribution is 5.97. The molecule has 7 heteroatoms. The second-order valence-electron chi connectivity index (χ2n) is 10.5. The van der Waals surface area contributed by atoms with Gasteiger partial charge in [-0.25, -0.2) is 0 Å². The van der Waals surface area contributed by atoms with E-state index in [-0.39, 0.29) is 17.2 Å². The molecule has 5 rings (SSSR count). The fourth-order valence-corrected chi connectivity index (χ4v) is 5.85. The lowest BCUT2D eigenvalue weighted by Gasteiger charge is -2.32. The largest absolute Gasteiger partial charge is 0.384 e. The number of hydrogen-bond acceptors (Lipinski definition) is 4. The number of ether oxygens (including phenoxy) is 2. The van der Waals surface area contributed by atoms with Gasteiger partial charge in [-0.05, 0) is 68.6 Å². The molecule has 1 fully saturated rings. The Bertz CT molecular complexity index is 1170. The highest BCUT2D eigenvalue weighted by atomic mass is 16.5. The predicted octanol–water partition coefficient (Wildman–Crippen LogP) is 4.87. The monoisotopic (exact) mass is 464 g/mol. The van der Waals surface area contributed by atoms with Crippen LogP contribution in [-0.2, 0) is 27.1 Å². The quantitative estimate of drug-likeness (QED) is 0.545. The van der Waals surface area contributed by atoms with Crippen molar-refractivity contribution in [2.75, 3.05) is 32.8 Å². The molecule has 182 valence electrons. The molecule has 3 aromatic rings. The van der Waals surface area contributed by atoms with Crippen molar-refractivity contribution in [2.24, 2.45) is 11.3 Å². The van der Waals surface area contributed by atoms with Crippen molar-refractivity contribution in [3.63, 3.8) is 0 Å². The number of carbonyl (C=O) groups is 1. The molecule has 0 radical (unpaired) electrons. The Hall–Kier alpha value is -2.64. The van der Waals surface area contributed by atoms with Crippen LogP contribution in [0, 0.1) is 11.3 Å². The van der Waals surface area contributed by atoms with E-state index < -0.39 is 0 Å². The van der Waals surface area contributed by atoms with Crippen molar-refractivity contribution in [2.45, 2.75) is 58.0 Å². The Labute approximate surface area is 201 Å². The van der Waals surface area contributed by atoms with Crippen LogP contribution in [-0.4, -0.2) is 55.1 Å². The van der Waals surface area contributed by atoms with Crippen molar-refractivity contribution < 1.29 is 14.3 Å². The summed E-state index contributed by atoms with van der Waals surface area (Å²) in [7, 11) is 5.42. The molecule has 1 saturated carbocycles. The van der Waals surface area contributed by atoms with E-state index in [1.54, 1.807) is 14.2 Å². The molecule has 2 aliphatic carbocycles. The van der Waals surface area contributed by atoms with E-state index in [0.29, 0.717) is 6.10 Å². The summed E-state index contributed by atoms with van der Waals surface area (Å²) in [5, 5.41) is 9.08. The van der Waals surface area contributed by atoms with Crippen LogP contribution in [0.5, 0.6) is 0 Å². The number of rotatable bonds is 6. The summed E-state index contributed by atoms with van der Waals surface area (Å²) in [5.74, 6) is 0.270. The molecule has 34 heavy (non-hydrogen) atoms. The lowest BCUT2D eigenvalue weighted by Crippen LogP contribution is -2.36. The highest BCUT2D eigenvalue weighted by Gasteiger charge is 2.33. The molecule has 2 aromatic heterocycles. The fraction of sp³-hybridized carbons (Fsp3) is 0.556. The summed E-state index contributed by atoms with van der Waals surface area (Å²) >= 11 is 0. The zero-order chi connectivity index (χ0) is 23.9. The number of carbonyl (C=O) groups excluding carboxylic acids is 1. The number of nitrogens with one attached hydrogen (secondary N) is 2. The Morgan fingerprint density at radius 2 is 2.00 bits per heavy atom. The Balaban J connectivity index is 1.35.